The zero-order valence-electron chi connectivity index (χ0n) is 14.5. The molecule has 7 heteroatoms. The summed E-state index contributed by atoms with van der Waals surface area (Å²) in [6, 6.07) is 13.3. The van der Waals surface area contributed by atoms with Crippen LogP contribution >= 0.6 is 23.2 Å². The van der Waals surface area contributed by atoms with Crippen LogP contribution in [0, 0.1) is 0 Å². The number of benzene rings is 2. The van der Waals surface area contributed by atoms with Crippen molar-refractivity contribution in [3.8, 4) is 5.75 Å². The summed E-state index contributed by atoms with van der Waals surface area (Å²) in [5.74, 6) is -0.0923. The second kappa shape index (κ2) is 9.46. The number of hydrogen-bond donors (Lipinski definition) is 1. The maximum absolute atomic E-state index is 12.7. The molecule has 0 heterocycles. The Morgan fingerprint density at radius 3 is 2.38 bits per heavy atom. The molecule has 2 rings (SSSR count). The lowest BCUT2D eigenvalue weighted by Gasteiger charge is -2.28. The first-order chi connectivity index (χ1) is 12.4. The molecular formula is C19H20Cl2N2O3. The van der Waals surface area contributed by atoms with Crippen LogP contribution < -0.4 is 10.1 Å². The molecule has 2 aromatic carbocycles. The Hall–Kier alpha value is -2.24. The largest absolute Gasteiger partial charge is 0.484 e. The van der Waals surface area contributed by atoms with E-state index in [4.69, 9.17) is 27.9 Å². The van der Waals surface area contributed by atoms with Crippen LogP contribution in [0.4, 0.5) is 0 Å². The molecule has 0 aliphatic carbocycles. The maximum atomic E-state index is 12.7. The first-order valence-corrected chi connectivity index (χ1v) is 8.80. The van der Waals surface area contributed by atoms with E-state index in [0.717, 1.165) is 5.56 Å². The minimum absolute atomic E-state index is 0.206. The third kappa shape index (κ3) is 5.64. The molecule has 0 spiro atoms. The van der Waals surface area contributed by atoms with Crippen molar-refractivity contribution in [3.05, 3.63) is 64.1 Å². The molecule has 0 aliphatic rings. The monoisotopic (exact) mass is 394 g/mol. The molecule has 0 unspecified atom stereocenters. The average molecular weight is 395 g/mol. The van der Waals surface area contributed by atoms with E-state index in [1.165, 1.54) is 11.9 Å². The molecule has 1 atom stereocenters. The van der Waals surface area contributed by atoms with Gasteiger partial charge in [0.05, 0.1) is 0 Å². The van der Waals surface area contributed by atoms with Gasteiger partial charge >= 0.3 is 0 Å². The first kappa shape index (κ1) is 20.1. The molecule has 5 nitrogen and oxygen atoms in total. The smallest absolute Gasteiger partial charge is 0.261 e. The minimum atomic E-state index is -0.658. The van der Waals surface area contributed by atoms with Crippen LogP contribution in [0.25, 0.3) is 0 Å². The number of halogens is 2. The van der Waals surface area contributed by atoms with Gasteiger partial charge in [-0.1, -0.05) is 41.4 Å². The molecule has 2 aromatic rings. The Morgan fingerprint density at radius 2 is 1.77 bits per heavy atom. The number of likely N-dealkylation sites (N-methyl/N-ethyl adjacent to an activating group) is 1. The zero-order valence-corrected chi connectivity index (χ0v) is 16.1. The Balaban J connectivity index is 2.13. The van der Waals surface area contributed by atoms with E-state index in [0.29, 0.717) is 15.8 Å². The molecule has 0 saturated carbocycles. The molecule has 138 valence electrons. The van der Waals surface area contributed by atoms with Crippen molar-refractivity contribution in [2.24, 2.45) is 0 Å². The predicted molar refractivity (Wildman–Crippen MR) is 102 cm³/mol. The molecular weight excluding hydrogens is 375 g/mol. The standard InChI is InChI=1S/C19H20Cl2N2O3/c1-13(19(25)22-2)23(11-14-5-3-6-15(20)9-14)18(24)12-26-17-8-4-7-16(21)10-17/h3-10,13H,11-12H2,1-2H3,(H,22,25)/t13-/m0/s1. The summed E-state index contributed by atoms with van der Waals surface area (Å²) >= 11 is 11.9. The normalized spacial score (nSPS) is 11.5. The van der Waals surface area contributed by atoms with Crippen molar-refractivity contribution in [1.82, 2.24) is 10.2 Å². The topological polar surface area (TPSA) is 58.6 Å². The lowest BCUT2D eigenvalue weighted by Crippen LogP contribution is -2.48. The second-order valence-corrected chi connectivity index (χ2v) is 6.56. The quantitative estimate of drug-likeness (QED) is 0.780. The second-order valence-electron chi connectivity index (χ2n) is 5.69. The van der Waals surface area contributed by atoms with Crippen LogP contribution in [0.2, 0.25) is 10.0 Å². The SMILES string of the molecule is CNC(=O)[C@H](C)N(Cc1cccc(Cl)c1)C(=O)COc1cccc(Cl)c1. The summed E-state index contributed by atoms with van der Waals surface area (Å²) in [5, 5.41) is 3.65. The lowest BCUT2D eigenvalue weighted by atomic mass is 10.1. The number of nitrogens with zero attached hydrogens (tertiary/aromatic N) is 1. The van der Waals surface area contributed by atoms with E-state index >= 15 is 0 Å². The summed E-state index contributed by atoms with van der Waals surface area (Å²) in [4.78, 5) is 26.2. The van der Waals surface area contributed by atoms with E-state index in [2.05, 4.69) is 5.32 Å². The number of carbonyl (C=O) groups excluding carboxylic acids is 2. The van der Waals surface area contributed by atoms with Gasteiger partial charge in [-0.25, -0.2) is 0 Å². The summed E-state index contributed by atoms with van der Waals surface area (Å²) in [6.07, 6.45) is 0. The number of ether oxygens (including phenoxy) is 1. The van der Waals surface area contributed by atoms with E-state index < -0.39 is 6.04 Å². The van der Waals surface area contributed by atoms with Crippen LogP contribution in [0.5, 0.6) is 5.75 Å². The van der Waals surface area contributed by atoms with Gasteiger partial charge in [0.25, 0.3) is 5.91 Å². The number of carbonyl (C=O) groups is 2. The number of hydrogen-bond acceptors (Lipinski definition) is 3. The van der Waals surface area contributed by atoms with Crippen molar-refractivity contribution in [1.29, 1.82) is 0 Å². The van der Waals surface area contributed by atoms with Crippen molar-refractivity contribution >= 4 is 35.0 Å². The predicted octanol–water partition coefficient (Wildman–Crippen LogP) is 3.54. The Bertz CT molecular complexity index is 783. The summed E-state index contributed by atoms with van der Waals surface area (Å²) < 4.78 is 5.52. The molecule has 0 fully saturated rings. The molecule has 0 bridgehead atoms. The zero-order chi connectivity index (χ0) is 19.1. The summed E-state index contributed by atoms with van der Waals surface area (Å²) in [6.45, 7) is 1.70. The molecule has 0 aliphatic heterocycles. The van der Waals surface area contributed by atoms with Gasteiger partial charge in [-0.3, -0.25) is 9.59 Å². The van der Waals surface area contributed by atoms with Crippen molar-refractivity contribution < 1.29 is 14.3 Å². The van der Waals surface area contributed by atoms with Crippen molar-refractivity contribution in [2.75, 3.05) is 13.7 Å². The van der Waals surface area contributed by atoms with Crippen molar-refractivity contribution in [2.45, 2.75) is 19.5 Å². The van der Waals surface area contributed by atoms with Crippen LogP contribution in [-0.2, 0) is 16.1 Å². The van der Waals surface area contributed by atoms with Crippen molar-refractivity contribution in [3.63, 3.8) is 0 Å². The third-order valence-corrected chi connectivity index (χ3v) is 4.28. The number of amides is 2. The van der Waals surface area contributed by atoms with E-state index in [1.54, 1.807) is 49.4 Å². The highest BCUT2D eigenvalue weighted by Crippen LogP contribution is 2.18. The van der Waals surface area contributed by atoms with E-state index in [-0.39, 0.29) is 25.0 Å². The Labute approximate surface area is 162 Å². The fourth-order valence-corrected chi connectivity index (χ4v) is 2.80. The van der Waals surface area contributed by atoms with Crippen LogP contribution in [0.15, 0.2) is 48.5 Å². The van der Waals surface area contributed by atoms with Gasteiger partial charge < -0.3 is 15.0 Å². The van der Waals surface area contributed by atoms with E-state index in [1.807, 2.05) is 6.07 Å². The van der Waals surface area contributed by atoms with Gasteiger partial charge in [-0.15, -0.1) is 0 Å². The van der Waals surface area contributed by atoms with Gasteiger partial charge in [0, 0.05) is 23.6 Å². The fourth-order valence-electron chi connectivity index (χ4n) is 2.41. The van der Waals surface area contributed by atoms with Crippen LogP contribution in [0.1, 0.15) is 12.5 Å². The molecule has 26 heavy (non-hydrogen) atoms. The van der Waals surface area contributed by atoms with Crippen LogP contribution in [0.3, 0.4) is 0 Å². The summed E-state index contributed by atoms with van der Waals surface area (Å²) in [7, 11) is 1.53. The van der Waals surface area contributed by atoms with Gasteiger partial charge in [-0.05, 0) is 42.8 Å². The number of nitrogens with one attached hydrogen (secondary N) is 1. The molecule has 0 saturated heterocycles. The Kier molecular flexibility index (Phi) is 7.30. The molecule has 1 N–H and O–H groups in total. The highest BCUT2D eigenvalue weighted by molar-refractivity contribution is 6.30. The molecule has 0 aromatic heterocycles. The first-order valence-electron chi connectivity index (χ1n) is 8.04. The van der Waals surface area contributed by atoms with Gasteiger partial charge in [0.1, 0.15) is 11.8 Å². The van der Waals surface area contributed by atoms with Gasteiger partial charge in [-0.2, -0.15) is 0 Å². The highest BCUT2D eigenvalue weighted by Gasteiger charge is 2.25. The third-order valence-electron chi connectivity index (χ3n) is 3.81. The lowest BCUT2D eigenvalue weighted by molar-refractivity contribution is -0.142. The maximum Gasteiger partial charge on any atom is 0.261 e. The van der Waals surface area contributed by atoms with Gasteiger partial charge in [0.15, 0.2) is 6.61 Å². The van der Waals surface area contributed by atoms with Gasteiger partial charge in [0.2, 0.25) is 5.91 Å². The molecule has 2 amide bonds. The Morgan fingerprint density at radius 1 is 1.12 bits per heavy atom. The van der Waals surface area contributed by atoms with Crippen LogP contribution in [-0.4, -0.2) is 36.4 Å². The molecule has 0 radical (unpaired) electrons. The number of rotatable bonds is 7. The average Bonchev–Trinajstić information content (AvgIpc) is 2.63. The minimum Gasteiger partial charge on any atom is -0.484 e. The fraction of sp³-hybridized carbons (Fsp3) is 0.263. The summed E-state index contributed by atoms with van der Waals surface area (Å²) in [5.41, 5.74) is 0.823. The van der Waals surface area contributed by atoms with E-state index in [9.17, 15) is 9.59 Å². The highest BCUT2D eigenvalue weighted by atomic mass is 35.5.